The third-order valence-corrected chi connectivity index (χ3v) is 5.13. The number of H-pyrrole nitrogens is 1. The highest BCUT2D eigenvalue weighted by Gasteiger charge is 2.34. The van der Waals surface area contributed by atoms with E-state index < -0.39 is 0 Å². The molecule has 1 aliphatic rings. The first-order chi connectivity index (χ1) is 14.7. The van der Waals surface area contributed by atoms with Gasteiger partial charge in [0.05, 0.1) is 12.2 Å². The summed E-state index contributed by atoms with van der Waals surface area (Å²) in [6.45, 7) is 0.462. The lowest BCUT2D eigenvalue weighted by Gasteiger charge is -2.16. The van der Waals surface area contributed by atoms with Gasteiger partial charge >= 0.3 is 0 Å². The monoisotopic (exact) mass is 412 g/mol. The van der Waals surface area contributed by atoms with E-state index in [0.717, 1.165) is 22.4 Å². The molecule has 4 aromatic rings. The topological polar surface area (TPSA) is 79.2 Å². The molecule has 7 nitrogen and oxygen atoms in total. The fraction of sp³-hybridized carbons (Fsp3) is 0.0455. The van der Waals surface area contributed by atoms with Crippen molar-refractivity contribution in [3.05, 3.63) is 95.0 Å². The molecule has 1 amide bonds. The normalized spacial score (nSPS) is 14.3. The molecule has 1 N–H and O–H groups in total. The van der Waals surface area contributed by atoms with Crippen LogP contribution in [0.15, 0.2) is 84.2 Å². The predicted octanol–water partition coefficient (Wildman–Crippen LogP) is 3.80. The van der Waals surface area contributed by atoms with Gasteiger partial charge in [-0.1, -0.05) is 48.5 Å². The highest BCUT2D eigenvalue weighted by atomic mass is 32.1. The summed E-state index contributed by atoms with van der Waals surface area (Å²) in [4.78, 5) is 19.1. The Morgan fingerprint density at radius 3 is 2.50 bits per heavy atom. The second-order valence-electron chi connectivity index (χ2n) is 6.74. The van der Waals surface area contributed by atoms with Crippen LogP contribution in [0, 0.1) is 4.77 Å². The minimum absolute atomic E-state index is 0.177. The van der Waals surface area contributed by atoms with E-state index in [9.17, 15) is 4.79 Å². The van der Waals surface area contributed by atoms with Crippen LogP contribution < -0.4 is 4.90 Å². The van der Waals surface area contributed by atoms with Gasteiger partial charge in [-0.25, -0.2) is 5.10 Å². The highest BCUT2D eigenvalue weighted by Crippen LogP contribution is 2.31. The van der Waals surface area contributed by atoms with Gasteiger partial charge in [0.15, 0.2) is 11.5 Å². The second-order valence-corrected chi connectivity index (χ2v) is 7.13. The third kappa shape index (κ3) is 3.13. The molecule has 3 heterocycles. The largest absolute Gasteiger partial charge is 0.302 e. The molecule has 2 aromatic heterocycles. The summed E-state index contributed by atoms with van der Waals surface area (Å²) in [6.07, 6.45) is 3.34. The fourth-order valence-corrected chi connectivity index (χ4v) is 3.63. The van der Waals surface area contributed by atoms with Crippen molar-refractivity contribution < 1.29 is 4.79 Å². The number of hydrogen-bond acceptors (Lipinski definition) is 5. The molecule has 1 aliphatic heterocycles. The quantitative estimate of drug-likeness (QED) is 0.517. The number of rotatable bonds is 4. The summed E-state index contributed by atoms with van der Waals surface area (Å²) in [5, 5.41) is 11.7. The van der Waals surface area contributed by atoms with Crippen LogP contribution in [0.4, 0.5) is 5.69 Å². The number of amides is 1. The van der Waals surface area contributed by atoms with E-state index in [-0.39, 0.29) is 5.91 Å². The van der Waals surface area contributed by atoms with Gasteiger partial charge in [0.25, 0.3) is 5.91 Å². The number of para-hydroxylation sites is 1. The van der Waals surface area contributed by atoms with Gasteiger partial charge in [-0.15, -0.1) is 0 Å². The Bertz CT molecular complexity index is 1310. The number of carbonyl (C=O) groups is 1. The van der Waals surface area contributed by atoms with Crippen molar-refractivity contribution in [2.45, 2.75) is 6.54 Å². The second kappa shape index (κ2) is 7.49. The van der Waals surface area contributed by atoms with Crippen LogP contribution >= 0.6 is 12.2 Å². The van der Waals surface area contributed by atoms with Crippen molar-refractivity contribution >= 4 is 29.5 Å². The van der Waals surface area contributed by atoms with Crippen LogP contribution in [0.1, 0.15) is 11.1 Å². The van der Waals surface area contributed by atoms with Crippen LogP contribution in [-0.4, -0.2) is 31.5 Å². The average molecular weight is 412 g/mol. The molecule has 2 aromatic carbocycles. The van der Waals surface area contributed by atoms with Crippen LogP contribution in [0.3, 0.4) is 0 Å². The molecule has 146 valence electrons. The van der Waals surface area contributed by atoms with Gasteiger partial charge < -0.3 is 4.90 Å². The number of benzene rings is 2. The van der Waals surface area contributed by atoms with Crippen molar-refractivity contribution in [2.24, 2.45) is 5.10 Å². The Morgan fingerprint density at radius 1 is 0.967 bits per heavy atom. The zero-order chi connectivity index (χ0) is 20.5. The molecule has 0 saturated heterocycles. The molecular weight excluding hydrogens is 396 g/mol. The fourth-order valence-electron chi connectivity index (χ4n) is 3.45. The van der Waals surface area contributed by atoms with E-state index in [1.807, 2.05) is 66.7 Å². The van der Waals surface area contributed by atoms with E-state index in [0.29, 0.717) is 22.9 Å². The molecule has 30 heavy (non-hydrogen) atoms. The van der Waals surface area contributed by atoms with Crippen molar-refractivity contribution in [1.82, 2.24) is 19.9 Å². The number of aromatic amines is 1. The SMILES string of the molecule is O=C1C(=Nn2c(-c3ccncc3)n[nH]c2=S)c2ccccc2N1Cc1ccccc1. The number of anilines is 1. The summed E-state index contributed by atoms with van der Waals surface area (Å²) in [7, 11) is 0. The van der Waals surface area contributed by atoms with Crippen LogP contribution in [-0.2, 0) is 11.3 Å². The summed E-state index contributed by atoms with van der Waals surface area (Å²) < 4.78 is 1.79. The molecular formula is C22H16N6OS. The lowest BCUT2D eigenvalue weighted by Crippen LogP contribution is -2.30. The van der Waals surface area contributed by atoms with Gasteiger partial charge in [0.2, 0.25) is 4.77 Å². The number of pyridine rings is 1. The summed E-state index contributed by atoms with van der Waals surface area (Å²) in [6, 6.07) is 21.1. The Balaban J connectivity index is 1.61. The van der Waals surface area contributed by atoms with E-state index in [1.165, 1.54) is 4.68 Å². The molecule has 0 atom stereocenters. The maximum absolute atomic E-state index is 13.4. The van der Waals surface area contributed by atoms with Crippen molar-refractivity contribution in [3.63, 3.8) is 0 Å². The average Bonchev–Trinajstić information content (AvgIpc) is 3.28. The molecule has 0 bridgehead atoms. The first-order valence-electron chi connectivity index (χ1n) is 9.34. The first-order valence-corrected chi connectivity index (χ1v) is 9.75. The maximum Gasteiger partial charge on any atom is 0.279 e. The van der Waals surface area contributed by atoms with Gasteiger partial charge in [0.1, 0.15) is 0 Å². The smallest absolute Gasteiger partial charge is 0.279 e. The molecule has 0 saturated carbocycles. The van der Waals surface area contributed by atoms with E-state index >= 15 is 0 Å². The highest BCUT2D eigenvalue weighted by molar-refractivity contribution is 7.71. The minimum Gasteiger partial charge on any atom is -0.302 e. The predicted molar refractivity (Wildman–Crippen MR) is 117 cm³/mol. The van der Waals surface area contributed by atoms with Gasteiger partial charge in [-0.2, -0.15) is 14.9 Å². The van der Waals surface area contributed by atoms with Crippen LogP contribution in [0.5, 0.6) is 0 Å². The molecule has 0 aliphatic carbocycles. The standard InChI is InChI=1S/C22H16N6OS/c29-21-19(26-28-20(24-25-22(28)30)16-10-12-23-13-11-16)17-8-4-5-9-18(17)27(21)14-15-6-2-1-3-7-15/h1-13H,14H2,(H,25,30). The third-order valence-electron chi connectivity index (χ3n) is 4.87. The molecule has 5 rings (SSSR count). The van der Waals surface area contributed by atoms with E-state index in [4.69, 9.17) is 12.2 Å². The summed E-state index contributed by atoms with van der Waals surface area (Å²) >= 11 is 5.38. The summed E-state index contributed by atoms with van der Waals surface area (Å²) in [5.41, 5.74) is 3.75. The molecule has 0 spiro atoms. The van der Waals surface area contributed by atoms with Gasteiger partial charge in [-0.05, 0) is 36.0 Å². The Kier molecular flexibility index (Phi) is 4.53. The Labute approximate surface area is 177 Å². The van der Waals surface area contributed by atoms with Crippen LogP contribution in [0.2, 0.25) is 0 Å². The van der Waals surface area contributed by atoms with E-state index in [2.05, 4.69) is 20.3 Å². The molecule has 0 fully saturated rings. The number of hydrogen-bond donors (Lipinski definition) is 1. The number of carbonyl (C=O) groups excluding carboxylic acids is 1. The van der Waals surface area contributed by atoms with Crippen molar-refractivity contribution in [2.75, 3.05) is 4.90 Å². The molecule has 0 unspecified atom stereocenters. The van der Waals surface area contributed by atoms with Crippen molar-refractivity contribution in [3.8, 4) is 11.4 Å². The van der Waals surface area contributed by atoms with Gasteiger partial charge in [-0.3, -0.25) is 9.78 Å². The number of nitrogens with one attached hydrogen (secondary N) is 1. The zero-order valence-corrected chi connectivity index (χ0v) is 16.6. The van der Waals surface area contributed by atoms with E-state index in [1.54, 1.807) is 17.3 Å². The number of aromatic nitrogens is 4. The number of nitrogens with zero attached hydrogens (tertiary/aromatic N) is 5. The minimum atomic E-state index is -0.177. The Hall–Kier alpha value is -3.91. The first kappa shape index (κ1) is 18.1. The number of fused-ring (bicyclic) bond motifs is 1. The lowest BCUT2D eigenvalue weighted by molar-refractivity contribution is -0.112. The summed E-state index contributed by atoms with van der Waals surface area (Å²) in [5.74, 6) is 0.338. The zero-order valence-electron chi connectivity index (χ0n) is 15.8. The Morgan fingerprint density at radius 2 is 1.70 bits per heavy atom. The lowest BCUT2D eigenvalue weighted by atomic mass is 10.1. The molecule has 8 heteroatoms. The van der Waals surface area contributed by atoms with Crippen molar-refractivity contribution in [1.29, 1.82) is 0 Å². The van der Waals surface area contributed by atoms with Crippen LogP contribution in [0.25, 0.3) is 11.4 Å². The molecule has 0 radical (unpaired) electrons. The van der Waals surface area contributed by atoms with Gasteiger partial charge in [0, 0.05) is 23.5 Å². The maximum atomic E-state index is 13.4.